The number of fused-ring (bicyclic) bond motifs is 1. The van der Waals surface area contributed by atoms with E-state index in [2.05, 4.69) is 10.6 Å². The zero-order valence-electron chi connectivity index (χ0n) is 20.2. The highest BCUT2D eigenvalue weighted by Gasteiger charge is 2.48. The van der Waals surface area contributed by atoms with Crippen LogP contribution in [0.2, 0.25) is 0 Å². The van der Waals surface area contributed by atoms with Crippen molar-refractivity contribution in [3.63, 3.8) is 0 Å². The van der Waals surface area contributed by atoms with Gasteiger partial charge in [0.1, 0.15) is 5.54 Å². The Hall–Kier alpha value is -3.44. The summed E-state index contributed by atoms with van der Waals surface area (Å²) in [7, 11) is 1.75. The molecular weight excluding hydrogens is 452 g/mol. The Morgan fingerprint density at radius 3 is 2.57 bits per heavy atom. The van der Waals surface area contributed by atoms with Crippen molar-refractivity contribution >= 4 is 17.5 Å². The maximum absolute atomic E-state index is 13.3. The molecule has 5 N–H and O–H groups in total. The lowest BCUT2D eigenvalue weighted by atomic mass is 9.89. The number of nitrogens with one attached hydrogen (secondary N) is 2. The molecule has 0 spiro atoms. The third-order valence-corrected chi connectivity index (χ3v) is 6.90. The molecule has 11 heteroatoms. The van der Waals surface area contributed by atoms with Crippen molar-refractivity contribution in [2.45, 2.75) is 70.2 Å². The molecule has 0 saturated heterocycles. The quantitative estimate of drug-likeness (QED) is 0.346. The third kappa shape index (κ3) is 4.61. The maximum atomic E-state index is 13.3. The molecule has 0 unspecified atom stereocenters. The number of aromatic nitrogens is 1. The smallest absolute Gasteiger partial charge is 0.316 e. The Morgan fingerprint density at radius 1 is 1.29 bits per heavy atom. The van der Waals surface area contributed by atoms with Gasteiger partial charge in [-0.1, -0.05) is 0 Å². The number of anilines is 1. The molecule has 1 aromatic carbocycles. The van der Waals surface area contributed by atoms with E-state index in [1.165, 1.54) is 0 Å². The van der Waals surface area contributed by atoms with Crippen molar-refractivity contribution in [2.75, 3.05) is 12.4 Å². The summed E-state index contributed by atoms with van der Waals surface area (Å²) in [6.45, 7) is 3.71. The summed E-state index contributed by atoms with van der Waals surface area (Å²) in [5.74, 6) is -1.20. The van der Waals surface area contributed by atoms with Gasteiger partial charge in [0.2, 0.25) is 0 Å². The second-order valence-electron chi connectivity index (χ2n) is 9.96. The van der Waals surface area contributed by atoms with E-state index in [4.69, 9.17) is 5.73 Å². The maximum Gasteiger partial charge on any atom is 0.316 e. The van der Waals surface area contributed by atoms with Crippen LogP contribution in [0.4, 0.5) is 5.69 Å². The minimum atomic E-state index is -1.03. The van der Waals surface area contributed by atoms with Gasteiger partial charge in [0.05, 0.1) is 17.2 Å². The van der Waals surface area contributed by atoms with Gasteiger partial charge < -0.3 is 26.0 Å². The fourth-order valence-electron chi connectivity index (χ4n) is 5.21. The zero-order chi connectivity index (χ0) is 25.5. The van der Waals surface area contributed by atoms with Crippen LogP contribution in [0.3, 0.4) is 0 Å². The van der Waals surface area contributed by atoms with Crippen molar-refractivity contribution in [3.8, 4) is 5.69 Å². The molecule has 1 aromatic heterocycles. The monoisotopic (exact) mass is 484 g/mol. The topological polar surface area (TPSA) is 156 Å². The van der Waals surface area contributed by atoms with E-state index in [1.54, 1.807) is 33.0 Å². The van der Waals surface area contributed by atoms with Gasteiger partial charge in [-0.05, 0) is 75.3 Å². The second kappa shape index (κ2) is 9.31. The second-order valence-corrected chi connectivity index (χ2v) is 9.96. The molecule has 0 radical (unpaired) electrons. The minimum absolute atomic E-state index is 0.0966. The van der Waals surface area contributed by atoms with Crippen LogP contribution in [0.5, 0.6) is 0 Å². The highest BCUT2D eigenvalue weighted by atomic mass is 16.7. The number of rotatable bonds is 7. The fraction of sp³-hybridized carbons (Fsp3) is 0.500. The first kappa shape index (κ1) is 24.7. The van der Waals surface area contributed by atoms with Crippen LogP contribution in [0.15, 0.2) is 24.4 Å². The summed E-state index contributed by atoms with van der Waals surface area (Å²) in [6.07, 6.45) is 4.71. The Balaban J connectivity index is 1.80. The van der Waals surface area contributed by atoms with Crippen LogP contribution in [0.1, 0.15) is 71.5 Å². The number of nitro groups is 1. The van der Waals surface area contributed by atoms with Gasteiger partial charge in [-0.25, -0.2) is 10.1 Å². The number of primary amides is 1. The minimum Gasteiger partial charge on any atom is -0.393 e. The third-order valence-electron chi connectivity index (χ3n) is 6.90. The number of nitrogens with zero attached hydrogens (tertiary/aromatic N) is 3. The zero-order valence-corrected chi connectivity index (χ0v) is 20.2. The number of carbonyl (C=O) groups is 2. The van der Waals surface area contributed by atoms with E-state index in [9.17, 15) is 24.8 Å². The lowest BCUT2D eigenvalue weighted by molar-refractivity contribution is -0.650. The van der Waals surface area contributed by atoms with Crippen LogP contribution in [0.25, 0.3) is 5.69 Å². The number of aliphatic hydroxyl groups excluding tert-OH is 1. The number of hydrogen-bond donors (Lipinski definition) is 4. The Bertz CT molecular complexity index is 1170. The first-order chi connectivity index (χ1) is 16.5. The fourth-order valence-corrected chi connectivity index (χ4v) is 5.21. The summed E-state index contributed by atoms with van der Waals surface area (Å²) < 4.78 is 1.87. The average Bonchev–Trinajstić information content (AvgIpc) is 3.12. The van der Waals surface area contributed by atoms with E-state index < -0.39 is 22.4 Å². The van der Waals surface area contributed by atoms with Crippen LogP contribution < -0.4 is 16.4 Å². The van der Waals surface area contributed by atoms with Crippen molar-refractivity contribution in [3.05, 3.63) is 56.9 Å². The largest absolute Gasteiger partial charge is 0.393 e. The molecule has 4 rings (SSSR count). The summed E-state index contributed by atoms with van der Waals surface area (Å²) in [4.78, 5) is 37.1. The standard InChI is InChI=1S/C24H32N6O5/c1-24(2)11-20-21(23(33)29(24)30(34)35)14(12-26-3)13-28(20)16-6-9-18(22(25)32)19(10-16)27-15-4-7-17(31)8-5-15/h6,9-10,13,15,17,26-27,31H,4-5,7-8,11-12H2,1-3H3,(H2,25,32). The van der Waals surface area contributed by atoms with Crippen LogP contribution in [-0.2, 0) is 13.0 Å². The molecule has 0 atom stereocenters. The highest BCUT2D eigenvalue weighted by Crippen LogP contribution is 2.36. The molecule has 2 aliphatic rings. The molecule has 2 aromatic rings. The lowest BCUT2D eigenvalue weighted by Crippen LogP contribution is -2.55. The number of aliphatic hydroxyl groups is 1. The van der Waals surface area contributed by atoms with Crippen molar-refractivity contribution in [1.29, 1.82) is 0 Å². The molecule has 2 heterocycles. The molecule has 1 saturated carbocycles. The lowest BCUT2D eigenvalue weighted by Gasteiger charge is -2.34. The van der Waals surface area contributed by atoms with E-state index in [0.717, 1.165) is 12.8 Å². The molecule has 1 aliphatic heterocycles. The Labute approximate surface area is 203 Å². The first-order valence-corrected chi connectivity index (χ1v) is 11.8. The molecule has 1 fully saturated rings. The van der Waals surface area contributed by atoms with Crippen molar-refractivity contribution in [2.24, 2.45) is 5.73 Å². The predicted molar refractivity (Wildman–Crippen MR) is 130 cm³/mol. The Kier molecular flexibility index (Phi) is 6.56. The summed E-state index contributed by atoms with van der Waals surface area (Å²) in [5.41, 5.74) is 7.92. The molecule has 35 heavy (non-hydrogen) atoms. The number of nitrogens with two attached hydrogens (primary N) is 1. The van der Waals surface area contributed by atoms with Gasteiger partial charge in [0.25, 0.3) is 5.91 Å². The van der Waals surface area contributed by atoms with Crippen LogP contribution >= 0.6 is 0 Å². The molecule has 1 aliphatic carbocycles. The van der Waals surface area contributed by atoms with Crippen molar-refractivity contribution < 1.29 is 19.7 Å². The number of amides is 2. The molecule has 11 nitrogen and oxygen atoms in total. The van der Waals surface area contributed by atoms with Gasteiger partial charge >= 0.3 is 5.91 Å². The summed E-state index contributed by atoms with van der Waals surface area (Å²) >= 11 is 0. The van der Waals surface area contributed by atoms with E-state index in [0.29, 0.717) is 58.2 Å². The average molecular weight is 485 g/mol. The number of hydrogen-bond acceptors (Lipinski definition) is 7. The predicted octanol–water partition coefficient (Wildman–Crippen LogP) is 1.98. The van der Waals surface area contributed by atoms with Gasteiger partial charge in [-0.2, -0.15) is 0 Å². The van der Waals surface area contributed by atoms with Gasteiger partial charge in [0, 0.05) is 42.3 Å². The summed E-state index contributed by atoms with van der Waals surface area (Å²) in [6, 6.07) is 5.34. The van der Waals surface area contributed by atoms with Crippen LogP contribution in [0, 0.1) is 10.1 Å². The normalized spacial score (nSPS) is 21.5. The first-order valence-electron chi connectivity index (χ1n) is 11.8. The molecule has 2 amide bonds. The molecule has 0 bridgehead atoms. The van der Waals surface area contributed by atoms with Gasteiger partial charge in [0.15, 0.2) is 5.03 Å². The number of benzene rings is 1. The van der Waals surface area contributed by atoms with E-state index in [-0.39, 0.29) is 18.6 Å². The van der Waals surface area contributed by atoms with E-state index >= 15 is 0 Å². The summed E-state index contributed by atoms with van der Waals surface area (Å²) in [5, 5.41) is 28.0. The van der Waals surface area contributed by atoms with E-state index in [1.807, 2.05) is 16.8 Å². The van der Waals surface area contributed by atoms with Gasteiger partial charge in [-0.15, -0.1) is 0 Å². The molecular formula is C24H32N6O5. The van der Waals surface area contributed by atoms with Crippen LogP contribution in [-0.4, -0.2) is 56.3 Å². The van der Waals surface area contributed by atoms with Crippen molar-refractivity contribution in [1.82, 2.24) is 14.9 Å². The SMILES string of the molecule is CNCc1cn(-c2ccc(C(N)=O)c(NC3CCC(O)CC3)c2)c2c1C(=O)N([N+](=O)[O-])C(C)(C)C2. The highest BCUT2D eigenvalue weighted by molar-refractivity contribution is 6.00. The number of carbonyl (C=O) groups excluding carboxylic acids is 2. The van der Waals surface area contributed by atoms with Gasteiger partial charge in [-0.3, -0.25) is 9.59 Å². The Morgan fingerprint density at radius 2 is 1.97 bits per heavy atom. The molecule has 188 valence electrons. The number of hydrazine groups is 1.